The molecule has 0 aliphatic carbocycles. The van der Waals surface area contributed by atoms with E-state index in [1.807, 2.05) is 0 Å². The third kappa shape index (κ3) is 3.58. The van der Waals surface area contributed by atoms with Gasteiger partial charge >= 0.3 is 11.9 Å². The molecule has 0 bridgehead atoms. The Morgan fingerprint density at radius 3 is 2.56 bits per heavy atom. The van der Waals surface area contributed by atoms with Gasteiger partial charge < -0.3 is 4.74 Å². The van der Waals surface area contributed by atoms with E-state index in [-0.39, 0.29) is 5.56 Å². The Morgan fingerprint density at radius 1 is 1.33 bits per heavy atom. The van der Waals surface area contributed by atoms with Gasteiger partial charge in [0, 0.05) is 18.1 Å². The highest BCUT2D eigenvalue weighted by molar-refractivity contribution is 5.97. The van der Waals surface area contributed by atoms with Crippen LogP contribution >= 0.6 is 0 Å². The lowest BCUT2D eigenvalue weighted by Gasteiger charge is -2.16. The summed E-state index contributed by atoms with van der Waals surface area (Å²) in [7, 11) is 0. The van der Waals surface area contributed by atoms with E-state index in [4.69, 9.17) is 0 Å². The molecule has 0 spiro atoms. The van der Waals surface area contributed by atoms with Crippen molar-refractivity contribution in [2.24, 2.45) is 0 Å². The van der Waals surface area contributed by atoms with Gasteiger partial charge in [0.1, 0.15) is 0 Å². The smallest absolute Gasteiger partial charge is 0.306 e. The Bertz CT molecular complexity index is 458. The van der Waals surface area contributed by atoms with Gasteiger partial charge in [-0.05, 0) is 6.07 Å². The van der Waals surface area contributed by atoms with Crippen LogP contribution in [0.4, 0.5) is 13.2 Å². The highest BCUT2D eigenvalue weighted by atomic mass is 19.3. The number of ketones is 1. The van der Waals surface area contributed by atoms with E-state index in [0.717, 1.165) is 19.1 Å². The number of alkyl halides is 3. The van der Waals surface area contributed by atoms with Crippen molar-refractivity contribution in [2.45, 2.75) is 12.8 Å². The molecule has 3 nitrogen and oxygen atoms in total. The molecule has 0 aliphatic heterocycles. The third-order valence-corrected chi connectivity index (χ3v) is 2.18. The SMILES string of the molecule is CC(=O)OCC(F)(F)c1cccc(C(=O)CF)c1. The van der Waals surface area contributed by atoms with Crippen molar-refractivity contribution in [1.82, 2.24) is 0 Å². The molecule has 1 aromatic carbocycles. The topological polar surface area (TPSA) is 43.4 Å². The van der Waals surface area contributed by atoms with Gasteiger partial charge in [-0.2, -0.15) is 8.78 Å². The Hall–Kier alpha value is -1.85. The molecule has 0 fully saturated rings. The van der Waals surface area contributed by atoms with E-state index in [0.29, 0.717) is 0 Å². The van der Waals surface area contributed by atoms with Crippen molar-refractivity contribution in [3.63, 3.8) is 0 Å². The maximum atomic E-state index is 13.6. The van der Waals surface area contributed by atoms with Crippen LogP contribution in [0.1, 0.15) is 22.8 Å². The summed E-state index contributed by atoms with van der Waals surface area (Å²) in [5.74, 6) is -5.12. The van der Waals surface area contributed by atoms with Crippen LogP contribution in [0, 0.1) is 0 Å². The van der Waals surface area contributed by atoms with Crippen LogP contribution in [0.15, 0.2) is 24.3 Å². The molecule has 0 heterocycles. The zero-order chi connectivity index (χ0) is 13.8. The van der Waals surface area contributed by atoms with Gasteiger partial charge in [-0.25, -0.2) is 4.39 Å². The van der Waals surface area contributed by atoms with Gasteiger partial charge in [0.15, 0.2) is 19.1 Å². The number of hydrogen-bond donors (Lipinski definition) is 0. The average molecular weight is 260 g/mol. The lowest BCUT2D eigenvalue weighted by atomic mass is 10.0. The third-order valence-electron chi connectivity index (χ3n) is 2.18. The summed E-state index contributed by atoms with van der Waals surface area (Å²) >= 11 is 0. The summed E-state index contributed by atoms with van der Waals surface area (Å²) in [5, 5.41) is 0. The lowest BCUT2D eigenvalue weighted by molar-refractivity contribution is -0.153. The highest BCUT2D eigenvalue weighted by Crippen LogP contribution is 2.29. The highest BCUT2D eigenvalue weighted by Gasteiger charge is 2.33. The number of esters is 1. The lowest BCUT2D eigenvalue weighted by Crippen LogP contribution is -2.23. The summed E-state index contributed by atoms with van der Waals surface area (Å²) in [6.07, 6.45) is 0. The summed E-state index contributed by atoms with van der Waals surface area (Å²) in [4.78, 5) is 21.5. The number of benzene rings is 1. The molecule has 0 atom stereocenters. The Labute approximate surface area is 102 Å². The predicted octanol–water partition coefficient (Wildman–Crippen LogP) is 2.49. The molecule has 0 aromatic heterocycles. The van der Waals surface area contributed by atoms with Gasteiger partial charge in [0.2, 0.25) is 0 Å². The molecule has 98 valence electrons. The van der Waals surface area contributed by atoms with E-state index >= 15 is 0 Å². The Kier molecular flexibility index (Phi) is 4.47. The molecule has 0 unspecified atom stereocenters. The van der Waals surface area contributed by atoms with E-state index < -0.39 is 36.5 Å². The van der Waals surface area contributed by atoms with Crippen molar-refractivity contribution >= 4 is 11.8 Å². The van der Waals surface area contributed by atoms with E-state index in [2.05, 4.69) is 4.74 Å². The zero-order valence-corrected chi connectivity index (χ0v) is 9.58. The van der Waals surface area contributed by atoms with Crippen LogP contribution in [0.2, 0.25) is 0 Å². The Balaban J connectivity index is 2.94. The average Bonchev–Trinajstić information content (AvgIpc) is 2.35. The number of carbonyl (C=O) groups excluding carboxylic acids is 2. The quantitative estimate of drug-likeness (QED) is 0.603. The number of rotatable bonds is 5. The first-order valence-electron chi connectivity index (χ1n) is 5.07. The second kappa shape index (κ2) is 5.66. The van der Waals surface area contributed by atoms with E-state index in [9.17, 15) is 22.8 Å². The van der Waals surface area contributed by atoms with Crippen LogP contribution in [0.25, 0.3) is 0 Å². The van der Waals surface area contributed by atoms with Gasteiger partial charge in [0.05, 0.1) is 0 Å². The molecule has 0 radical (unpaired) electrons. The molecule has 18 heavy (non-hydrogen) atoms. The molecule has 0 amide bonds. The predicted molar refractivity (Wildman–Crippen MR) is 57.3 cm³/mol. The van der Waals surface area contributed by atoms with Gasteiger partial charge in [0.25, 0.3) is 0 Å². The largest absolute Gasteiger partial charge is 0.459 e. The molecular weight excluding hydrogens is 249 g/mol. The van der Waals surface area contributed by atoms with Crippen molar-refractivity contribution < 1.29 is 27.5 Å². The second-order valence-electron chi connectivity index (χ2n) is 3.62. The van der Waals surface area contributed by atoms with E-state index in [1.54, 1.807) is 0 Å². The van der Waals surface area contributed by atoms with Crippen LogP contribution < -0.4 is 0 Å². The fourth-order valence-corrected chi connectivity index (χ4v) is 1.27. The minimum absolute atomic E-state index is 0.141. The summed E-state index contributed by atoms with van der Waals surface area (Å²) < 4.78 is 43.6. The fraction of sp³-hybridized carbons (Fsp3) is 0.333. The maximum Gasteiger partial charge on any atom is 0.306 e. The normalized spacial score (nSPS) is 11.1. The second-order valence-corrected chi connectivity index (χ2v) is 3.62. The van der Waals surface area contributed by atoms with Crippen LogP contribution in [-0.4, -0.2) is 25.0 Å². The Morgan fingerprint density at radius 2 is 2.00 bits per heavy atom. The number of Topliss-reactive ketones (excluding diaryl/α,β-unsaturated/α-hetero) is 1. The molecular formula is C12H11F3O3. The number of halogens is 3. The number of ether oxygens (including phenoxy) is 1. The van der Waals surface area contributed by atoms with Crippen molar-refractivity contribution in [1.29, 1.82) is 0 Å². The monoisotopic (exact) mass is 260 g/mol. The molecule has 6 heteroatoms. The summed E-state index contributed by atoms with van der Waals surface area (Å²) in [6, 6.07) is 4.44. The van der Waals surface area contributed by atoms with Crippen LogP contribution in [0.3, 0.4) is 0 Å². The van der Waals surface area contributed by atoms with Crippen molar-refractivity contribution in [3.05, 3.63) is 35.4 Å². The van der Waals surface area contributed by atoms with E-state index in [1.165, 1.54) is 12.1 Å². The summed E-state index contributed by atoms with van der Waals surface area (Å²) in [6.45, 7) is -1.35. The first kappa shape index (κ1) is 14.2. The van der Waals surface area contributed by atoms with Crippen molar-refractivity contribution in [3.8, 4) is 0 Å². The zero-order valence-electron chi connectivity index (χ0n) is 9.58. The fourth-order valence-electron chi connectivity index (χ4n) is 1.27. The first-order valence-corrected chi connectivity index (χ1v) is 5.07. The molecule has 1 rings (SSSR count). The molecule has 0 saturated heterocycles. The molecule has 0 aliphatic rings. The van der Waals surface area contributed by atoms with Gasteiger partial charge in [-0.1, -0.05) is 18.2 Å². The van der Waals surface area contributed by atoms with Crippen LogP contribution in [0.5, 0.6) is 0 Å². The van der Waals surface area contributed by atoms with Gasteiger partial charge in [-0.3, -0.25) is 9.59 Å². The summed E-state index contributed by atoms with van der Waals surface area (Å²) in [5.41, 5.74) is -0.638. The molecule has 0 saturated carbocycles. The standard InChI is InChI=1S/C12H11F3O3/c1-8(16)18-7-12(14,15)10-4-2-3-9(5-10)11(17)6-13/h2-5H,6-7H2,1H3. The number of hydrogen-bond acceptors (Lipinski definition) is 3. The van der Waals surface area contributed by atoms with Gasteiger partial charge in [-0.15, -0.1) is 0 Å². The minimum Gasteiger partial charge on any atom is -0.459 e. The number of carbonyl (C=O) groups is 2. The molecule has 1 aromatic rings. The maximum absolute atomic E-state index is 13.6. The van der Waals surface area contributed by atoms with Crippen molar-refractivity contribution in [2.75, 3.05) is 13.3 Å². The van der Waals surface area contributed by atoms with Crippen LogP contribution in [-0.2, 0) is 15.5 Å². The molecule has 0 N–H and O–H groups in total. The first-order chi connectivity index (χ1) is 8.36. The minimum atomic E-state index is -3.42.